The summed E-state index contributed by atoms with van der Waals surface area (Å²) in [5.74, 6) is -0.879. The van der Waals surface area contributed by atoms with Crippen LogP contribution in [-0.4, -0.2) is 37.2 Å². The van der Waals surface area contributed by atoms with Gasteiger partial charge in [0.05, 0.1) is 0 Å². The molecule has 0 aromatic heterocycles. The summed E-state index contributed by atoms with van der Waals surface area (Å²) >= 11 is 0. The predicted molar refractivity (Wildman–Crippen MR) is 266 cm³/mol. The molecular formula is C56H102O6. The van der Waals surface area contributed by atoms with Gasteiger partial charge in [-0.2, -0.15) is 0 Å². The van der Waals surface area contributed by atoms with E-state index < -0.39 is 6.10 Å². The Kier molecular flexibility index (Phi) is 49.3. The molecule has 362 valence electrons. The minimum absolute atomic E-state index is 0.0749. The lowest BCUT2D eigenvalue weighted by atomic mass is 10.0. The summed E-state index contributed by atoms with van der Waals surface area (Å²) in [6.45, 7) is 6.61. The lowest BCUT2D eigenvalue weighted by Gasteiger charge is -2.18. The molecule has 1 unspecified atom stereocenters. The number of carbonyl (C=O) groups excluding carboxylic acids is 3. The zero-order valence-electron chi connectivity index (χ0n) is 41.4. The normalized spacial score (nSPS) is 12.2. The summed E-state index contributed by atoms with van der Waals surface area (Å²) < 4.78 is 16.8. The molecule has 0 amide bonds. The minimum Gasteiger partial charge on any atom is -0.462 e. The summed E-state index contributed by atoms with van der Waals surface area (Å²) in [6.07, 6.45) is 59.8. The Bertz CT molecular complexity index is 1050. The van der Waals surface area contributed by atoms with Gasteiger partial charge >= 0.3 is 17.9 Å². The monoisotopic (exact) mass is 871 g/mol. The van der Waals surface area contributed by atoms with Crippen LogP contribution in [0.1, 0.15) is 284 Å². The van der Waals surface area contributed by atoms with E-state index in [-0.39, 0.29) is 31.1 Å². The van der Waals surface area contributed by atoms with E-state index in [1.807, 2.05) is 0 Å². The van der Waals surface area contributed by atoms with E-state index in [1.54, 1.807) is 0 Å². The quantitative estimate of drug-likeness (QED) is 0.0262. The van der Waals surface area contributed by atoms with Crippen molar-refractivity contribution in [3.05, 3.63) is 36.5 Å². The molecule has 0 N–H and O–H groups in total. The fraction of sp³-hybridized carbons (Fsp3) is 0.839. The van der Waals surface area contributed by atoms with Crippen molar-refractivity contribution in [2.24, 2.45) is 0 Å². The zero-order chi connectivity index (χ0) is 45.1. The van der Waals surface area contributed by atoms with Crippen molar-refractivity contribution in [2.45, 2.75) is 290 Å². The van der Waals surface area contributed by atoms with Crippen molar-refractivity contribution in [2.75, 3.05) is 13.2 Å². The highest BCUT2D eigenvalue weighted by atomic mass is 16.6. The minimum atomic E-state index is -0.776. The van der Waals surface area contributed by atoms with Gasteiger partial charge in [-0.25, -0.2) is 0 Å². The summed E-state index contributed by atoms with van der Waals surface area (Å²) in [6, 6.07) is 0. The zero-order valence-corrected chi connectivity index (χ0v) is 41.4. The van der Waals surface area contributed by atoms with Crippen LogP contribution in [-0.2, 0) is 28.6 Å². The van der Waals surface area contributed by atoms with Crippen LogP contribution >= 0.6 is 0 Å². The fourth-order valence-corrected chi connectivity index (χ4v) is 7.76. The van der Waals surface area contributed by atoms with Crippen LogP contribution in [0.15, 0.2) is 36.5 Å². The number of unbranched alkanes of at least 4 members (excludes halogenated alkanes) is 32. The van der Waals surface area contributed by atoms with Gasteiger partial charge in [-0.1, -0.05) is 224 Å². The average Bonchev–Trinajstić information content (AvgIpc) is 3.27. The summed E-state index contributed by atoms with van der Waals surface area (Å²) in [5, 5.41) is 0. The molecule has 0 fully saturated rings. The van der Waals surface area contributed by atoms with Gasteiger partial charge in [-0.3, -0.25) is 14.4 Å². The second-order valence-electron chi connectivity index (χ2n) is 18.1. The first-order valence-electron chi connectivity index (χ1n) is 27.0. The maximum absolute atomic E-state index is 12.8. The van der Waals surface area contributed by atoms with Crippen LogP contribution in [0.5, 0.6) is 0 Å². The topological polar surface area (TPSA) is 78.9 Å². The Morgan fingerprint density at radius 1 is 0.323 bits per heavy atom. The molecule has 0 rings (SSSR count). The molecule has 0 aromatic rings. The highest BCUT2D eigenvalue weighted by Gasteiger charge is 2.19. The molecule has 0 aliphatic carbocycles. The highest BCUT2D eigenvalue weighted by Crippen LogP contribution is 2.15. The third-order valence-corrected chi connectivity index (χ3v) is 11.9. The molecule has 0 spiro atoms. The Hall–Kier alpha value is -2.37. The molecule has 62 heavy (non-hydrogen) atoms. The Labute approximate surface area is 385 Å². The van der Waals surface area contributed by atoms with Gasteiger partial charge in [0.15, 0.2) is 6.10 Å². The van der Waals surface area contributed by atoms with Crippen molar-refractivity contribution in [1.29, 1.82) is 0 Å². The standard InChI is InChI=1S/C56H102O6/c1-4-7-10-13-16-19-22-25-27-28-29-32-34-37-40-43-46-49-55(58)61-52-53(51-60-54(57)48-45-42-39-36-33-30-24-21-18-15-12-9-6-3)62-56(59)50-47-44-41-38-35-31-26-23-20-17-14-11-8-5-2/h16,19,23,25-27,53H,4-15,17-18,20-22,24,28-52H2,1-3H3/b19-16-,26-23-,27-25-. The van der Waals surface area contributed by atoms with Crippen LogP contribution in [0.3, 0.4) is 0 Å². The van der Waals surface area contributed by atoms with Crippen LogP contribution in [0, 0.1) is 0 Å². The third kappa shape index (κ3) is 48.7. The number of rotatable bonds is 49. The Morgan fingerprint density at radius 3 is 0.935 bits per heavy atom. The van der Waals surface area contributed by atoms with E-state index >= 15 is 0 Å². The maximum atomic E-state index is 12.8. The molecule has 0 heterocycles. The number of hydrogen-bond acceptors (Lipinski definition) is 6. The first kappa shape index (κ1) is 59.6. The van der Waals surface area contributed by atoms with E-state index in [0.717, 1.165) is 77.0 Å². The van der Waals surface area contributed by atoms with Crippen LogP contribution in [0.4, 0.5) is 0 Å². The van der Waals surface area contributed by atoms with Crippen LogP contribution < -0.4 is 0 Å². The smallest absolute Gasteiger partial charge is 0.306 e. The van der Waals surface area contributed by atoms with E-state index in [1.165, 1.54) is 167 Å². The molecule has 0 saturated carbocycles. The first-order valence-corrected chi connectivity index (χ1v) is 27.0. The maximum Gasteiger partial charge on any atom is 0.306 e. The van der Waals surface area contributed by atoms with Gasteiger partial charge in [0, 0.05) is 19.3 Å². The van der Waals surface area contributed by atoms with Gasteiger partial charge in [-0.05, 0) is 77.0 Å². The van der Waals surface area contributed by atoms with E-state index in [4.69, 9.17) is 14.2 Å². The van der Waals surface area contributed by atoms with Gasteiger partial charge in [-0.15, -0.1) is 0 Å². The second kappa shape index (κ2) is 51.3. The van der Waals surface area contributed by atoms with Crippen molar-refractivity contribution in [3.8, 4) is 0 Å². The lowest BCUT2D eigenvalue weighted by molar-refractivity contribution is -0.167. The summed E-state index contributed by atoms with van der Waals surface area (Å²) in [5.41, 5.74) is 0. The van der Waals surface area contributed by atoms with E-state index in [0.29, 0.717) is 19.3 Å². The molecule has 0 aromatic carbocycles. The van der Waals surface area contributed by atoms with E-state index in [9.17, 15) is 14.4 Å². The molecule has 0 aliphatic heterocycles. The summed E-state index contributed by atoms with van der Waals surface area (Å²) in [4.78, 5) is 38.0. The van der Waals surface area contributed by atoms with Crippen molar-refractivity contribution < 1.29 is 28.6 Å². The van der Waals surface area contributed by atoms with E-state index in [2.05, 4.69) is 57.2 Å². The second-order valence-corrected chi connectivity index (χ2v) is 18.1. The molecule has 0 bridgehead atoms. The van der Waals surface area contributed by atoms with Crippen molar-refractivity contribution in [1.82, 2.24) is 0 Å². The molecule has 6 heteroatoms. The Morgan fingerprint density at radius 2 is 0.581 bits per heavy atom. The number of allylic oxidation sites excluding steroid dienone is 6. The molecule has 1 atom stereocenters. The molecule has 0 aliphatic rings. The lowest BCUT2D eigenvalue weighted by Crippen LogP contribution is -2.30. The number of hydrogen-bond donors (Lipinski definition) is 0. The van der Waals surface area contributed by atoms with Gasteiger partial charge in [0.1, 0.15) is 13.2 Å². The molecule has 6 nitrogen and oxygen atoms in total. The molecule has 0 saturated heterocycles. The largest absolute Gasteiger partial charge is 0.462 e. The molecule has 0 radical (unpaired) electrons. The Balaban J connectivity index is 4.36. The molecular weight excluding hydrogens is 769 g/mol. The van der Waals surface area contributed by atoms with Gasteiger partial charge in [0.2, 0.25) is 0 Å². The number of ether oxygens (including phenoxy) is 3. The number of carbonyl (C=O) groups is 3. The fourth-order valence-electron chi connectivity index (χ4n) is 7.76. The highest BCUT2D eigenvalue weighted by molar-refractivity contribution is 5.71. The third-order valence-electron chi connectivity index (χ3n) is 11.9. The SMILES string of the molecule is CCCCC/C=C\C/C=C\CCCCCCCCCC(=O)OCC(COC(=O)CCCCCCCCCCCCCCC)OC(=O)CCCCCCC/C=C\CCCCCCC. The average molecular weight is 871 g/mol. The predicted octanol–water partition coefficient (Wildman–Crippen LogP) is 17.7. The first-order chi connectivity index (χ1) is 30.5. The van der Waals surface area contributed by atoms with Crippen molar-refractivity contribution in [3.63, 3.8) is 0 Å². The van der Waals surface area contributed by atoms with Crippen LogP contribution in [0.25, 0.3) is 0 Å². The van der Waals surface area contributed by atoms with Crippen molar-refractivity contribution >= 4 is 17.9 Å². The summed E-state index contributed by atoms with van der Waals surface area (Å²) in [7, 11) is 0. The number of esters is 3. The van der Waals surface area contributed by atoms with Gasteiger partial charge in [0.25, 0.3) is 0 Å². The van der Waals surface area contributed by atoms with Gasteiger partial charge < -0.3 is 14.2 Å². The van der Waals surface area contributed by atoms with Crippen LogP contribution in [0.2, 0.25) is 0 Å².